The summed E-state index contributed by atoms with van der Waals surface area (Å²) in [6.45, 7) is 1.92. The van der Waals surface area contributed by atoms with Crippen molar-refractivity contribution in [1.29, 1.82) is 0 Å². The maximum absolute atomic E-state index is 12.4. The Balaban J connectivity index is 1.54. The normalized spacial score (nSPS) is 12.1. The summed E-state index contributed by atoms with van der Waals surface area (Å²) in [6, 6.07) is 13.9. The first kappa shape index (κ1) is 18.2. The van der Waals surface area contributed by atoms with E-state index in [2.05, 4.69) is 26.3 Å². The van der Waals surface area contributed by atoms with Crippen molar-refractivity contribution >= 4 is 27.5 Å². The molecular formula is C20H16BrN3O4. The predicted octanol–water partition coefficient (Wildman–Crippen LogP) is 3.35. The van der Waals surface area contributed by atoms with Gasteiger partial charge in [-0.15, -0.1) is 0 Å². The summed E-state index contributed by atoms with van der Waals surface area (Å²) in [4.78, 5) is 24.5. The molecule has 2 heterocycles. The van der Waals surface area contributed by atoms with E-state index in [0.717, 1.165) is 20.3 Å². The molecule has 2 aromatic carbocycles. The molecular weight excluding hydrogens is 426 g/mol. The van der Waals surface area contributed by atoms with Crippen molar-refractivity contribution in [3.63, 3.8) is 0 Å². The van der Waals surface area contributed by atoms with Crippen LogP contribution >= 0.6 is 15.9 Å². The van der Waals surface area contributed by atoms with Crippen LogP contribution in [0.2, 0.25) is 0 Å². The lowest BCUT2D eigenvalue weighted by Gasteiger charge is -2.09. The average Bonchev–Trinajstić information content (AvgIpc) is 3.14. The Bertz CT molecular complexity index is 1130. The van der Waals surface area contributed by atoms with Crippen molar-refractivity contribution in [3.8, 4) is 22.8 Å². The third kappa shape index (κ3) is 3.77. The minimum Gasteiger partial charge on any atom is -0.454 e. The van der Waals surface area contributed by atoms with E-state index in [1.54, 1.807) is 24.3 Å². The largest absolute Gasteiger partial charge is 0.454 e. The first-order valence-electron chi connectivity index (χ1n) is 8.54. The van der Waals surface area contributed by atoms with Crippen molar-refractivity contribution < 1.29 is 14.3 Å². The molecule has 0 bridgehead atoms. The monoisotopic (exact) mass is 441 g/mol. The summed E-state index contributed by atoms with van der Waals surface area (Å²) < 4.78 is 12.8. The minimum atomic E-state index is -0.355. The number of hydrogen-bond donors (Lipinski definition) is 1. The highest BCUT2D eigenvalue weighted by molar-refractivity contribution is 9.10. The molecule has 1 N–H and O–H groups in total. The second-order valence-corrected chi connectivity index (χ2v) is 7.15. The van der Waals surface area contributed by atoms with E-state index in [9.17, 15) is 9.59 Å². The third-order valence-corrected chi connectivity index (χ3v) is 5.16. The van der Waals surface area contributed by atoms with E-state index in [4.69, 9.17) is 9.47 Å². The van der Waals surface area contributed by atoms with E-state index in [1.807, 2.05) is 25.1 Å². The number of carbonyl (C=O) groups is 1. The molecule has 0 radical (unpaired) electrons. The number of anilines is 1. The summed E-state index contributed by atoms with van der Waals surface area (Å²) in [5.41, 5.74) is 2.63. The van der Waals surface area contributed by atoms with Gasteiger partial charge in [-0.05, 0) is 55.0 Å². The maximum atomic E-state index is 12.4. The average molecular weight is 442 g/mol. The fraction of sp³-hybridized carbons (Fsp3) is 0.150. The van der Waals surface area contributed by atoms with Gasteiger partial charge in [0.05, 0.1) is 5.69 Å². The number of amides is 1. The zero-order valence-electron chi connectivity index (χ0n) is 14.9. The van der Waals surface area contributed by atoms with Crippen LogP contribution in [0.4, 0.5) is 5.69 Å². The lowest BCUT2D eigenvalue weighted by Crippen LogP contribution is -2.29. The highest BCUT2D eigenvalue weighted by atomic mass is 79.9. The molecule has 1 aromatic heterocycles. The van der Waals surface area contributed by atoms with Crippen LogP contribution in [0, 0.1) is 6.92 Å². The number of ether oxygens (including phenoxy) is 2. The van der Waals surface area contributed by atoms with E-state index >= 15 is 0 Å². The number of carbonyl (C=O) groups excluding carboxylic acids is 1. The van der Waals surface area contributed by atoms with Crippen molar-refractivity contribution in [2.45, 2.75) is 13.5 Å². The van der Waals surface area contributed by atoms with Gasteiger partial charge in [-0.2, -0.15) is 5.10 Å². The molecule has 1 amide bonds. The van der Waals surface area contributed by atoms with E-state index in [1.165, 1.54) is 6.07 Å². The van der Waals surface area contributed by atoms with Crippen LogP contribution < -0.4 is 20.3 Å². The molecule has 4 rings (SSSR count). The van der Waals surface area contributed by atoms with Crippen LogP contribution in [0.15, 0.2) is 57.8 Å². The fourth-order valence-electron chi connectivity index (χ4n) is 2.83. The van der Waals surface area contributed by atoms with Crippen molar-refractivity contribution in [2.24, 2.45) is 0 Å². The van der Waals surface area contributed by atoms with Gasteiger partial charge in [0.1, 0.15) is 6.54 Å². The topological polar surface area (TPSA) is 82.5 Å². The Kier molecular flexibility index (Phi) is 4.87. The molecule has 142 valence electrons. The van der Waals surface area contributed by atoms with Gasteiger partial charge in [0.2, 0.25) is 12.7 Å². The molecule has 8 heteroatoms. The Hall–Kier alpha value is -3.13. The number of rotatable bonds is 4. The molecule has 0 spiro atoms. The van der Waals surface area contributed by atoms with Crippen LogP contribution in [0.5, 0.6) is 11.5 Å². The number of aromatic nitrogens is 2. The summed E-state index contributed by atoms with van der Waals surface area (Å²) >= 11 is 3.42. The number of nitrogens with one attached hydrogen (secondary N) is 1. The lowest BCUT2D eigenvalue weighted by atomic mass is 10.1. The predicted molar refractivity (Wildman–Crippen MR) is 108 cm³/mol. The lowest BCUT2D eigenvalue weighted by molar-refractivity contribution is -0.117. The Morgan fingerprint density at radius 1 is 1.14 bits per heavy atom. The van der Waals surface area contributed by atoms with Crippen LogP contribution in [-0.4, -0.2) is 22.5 Å². The van der Waals surface area contributed by atoms with E-state index in [-0.39, 0.29) is 24.8 Å². The number of benzene rings is 2. The number of nitrogens with zero attached hydrogens (tertiary/aromatic N) is 2. The highest BCUT2D eigenvalue weighted by Gasteiger charge is 2.15. The molecule has 1 aliphatic rings. The van der Waals surface area contributed by atoms with Crippen LogP contribution in [0.3, 0.4) is 0 Å². The summed E-state index contributed by atoms with van der Waals surface area (Å²) in [7, 11) is 0. The molecule has 7 nitrogen and oxygen atoms in total. The number of fused-ring (bicyclic) bond motifs is 1. The third-order valence-electron chi connectivity index (χ3n) is 4.27. The molecule has 0 atom stereocenters. The number of hydrogen-bond acceptors (Lipinski definition) is 5. The van der Waals surface area contributed by atoms with Gasteiger partial charge >= 0.3 is 0 Å². The van der Waals surface area contributed by atoms with Gasteiger partial charge in [-0.3, -0.25) is 9.59 Å². The summed E-state index contributed by atoms with van der Waals surface area (Å²) in [5.74, 6) is 0.959. The van der Waals surface area contributed by atoms with Crippen molar-refractivity contribution in [3.05, 3.63) is 68.9 Å². The molecule has 0 saturated carbocycles. The SMILES string of the molecule is Cc1cc(NC(=O)Cn2nc(-c3ccc4c(c3)OCO4)ccc2=O)ccc1Br. The number of aryl methyl sites for hydroxylation is 1. The van der Waals surface area contributed by atoms with Gasteiger partial charge < -0.3 is 14.8 Å². The van der Waals surface area contributed by atoms with Crippen LogP contribution in [-0.2, 0) is 11.3 Å². The summed E-state index contributed by atoms with van der Waals surface area (Å²) in [6.07, 6.45) is 0. The molecule has 0 unspecified atom stereocenters. The highest BCUT2D eigenvalue weighted by Crippen LogP contribution is 2.35. The fourth-order valence-corrected chi connectivity index (χ4v) is 3.08. The first-order valence-corrected chi connectivity index (χ1v) is 9.33. The minimum absolute atomic E-state index is 0.182. The van der Waals surface area contributed by atoms with Gasteiger partial charge in [0, 0.05) is 21.8 Å². The van der Waals surface area contributed by atoms with Crippen LogP contribution in [0.1, 0.15) is 5.56 Å². The molecule has 0 fully saturated rings. The van der Waals surface area contributed by atoms with Gasteiger partial charge in [-0.1, -0.05) is 15.9 Å². The Morgan fingerprint density at radius 3 is 2.79 bits per heavy atom. The van der Waals surface area contributed by atoms with Gasteiger partial charge in [-0.25, -0.2) is 4.68 Å². The van der Waals surface area contributed by atoms with Gasteiger partial charge in [0.25, 0.3) is 5.56 Å². The second-order valence-electron chi connectivity index (χ2n) is 6.29. The quantitative estimate of drug-likeness (QED) is 0.670. The van der Waals surface area contributed by atoms with Crippen molar-refractivity contribution in [2.75, 3.05) is 12.1 Å². The number of halogens is 1. The van der Waals surface area contributed by atoms with E-state index < -0.39 is 0 Å². The Labute approximate surface area is 169 Å². The molecule has 3 aromatic rings. The molecule has 0 saturated heterocycles. The summed E-state index contributed by atoms with van der Waals surface area (Å²) in [5, 5.41) is 7.10. The Morgan fingerprint density at radius 2 is 1.96 bits per heavy atom. The molecule has 1 aliphatic heterocycles. The maximum Gasteiger partial charge on any atom is 0.267 e. The smallest absolute Gasteiger partial charge is 0.267 e. The zero-order chi connectivity index (χ0) is 19.7. The van der Waals surface area contributed by atoms with E-state index in [0.29, 0.717) is 22.9 Å². The first-order chi connectivity index (χ1) is 13.5. The van der Waals surface area contributed by atoms with Gasteiger partial charge in [0.15, 0.2) is 11.5 Å². The zero-order valence-corrected chi connectivity index (χ0v) is 16.5. The standard InChI is InChI=1S/C20H16BrN3O4/c1-12-8-14(3-4-15(12)21)22-19(25)10-24-20(26)7-5-16(23-24)13-2-6-17-18(9-13)28-11-27-17/h2-9H,10-11H2,1H3,(H,22,25). The molecule has 0 aliphatic carbocycles. The second kappa shape index (κ2) is 7.47. The van der Waals surface area contributed by atoms with Crippen molar-refractivity contribution in [1.82, 2.24) is 9.78 Å². The molecule has 28 heavy (non-hydrogen) atoms. The van der Waals surface area contributed by atoms with Crippen LogP contribution in [0.25, 0.3) is 11.3 Å².